The third kappa shape index (κ3) is 1.91. The Labute approximate surface area is 85.5 Å². The predicted molar refractivity (Wildman–Crippen MR) is 58.3 cm³/mol. The van der Waals surface area contributed by atoms with Gasteiger partial charge in [0, 0.05) is 18.8 Å². The average Bonchev–Trinajstić information content (AvgIpc) is 2.77. The van der Waals surface area contributed by atoms with E-state index in [1.807, 2.05) is 10.9 Å². The van der Waals surface area contributed by atoms with Gasteiger partial charge in [0.25, 0.3) is 0 Å². The van der Waals surface area contributed by atoms with Crippen molar-refractivity contribution in [2.24, 2.45) is 5.92 Å². The molecule has 0 spiro atoms. The van der Waals surface area contributed by atoms with E-state index in [9.17, 15) is 0 Å². The van der Waals surface area contributed by atoms with E-state index in [-0.39, 0.29) is 0 Å². The number of aromatic nitrogens is 2. The van der Waals surface area contributed by atoms with Crippen molar-refractivity contribution in [3.8, 4) is 0 Å². The zero-order valence-corrected chi connectivity index (χ0v) is 9.03. The third-order valence-electron chi connectivity index (χ3n) is 3.17. The van der Waals surface area contributed by atoms with Crippen LogP contribution in [0.5, 0.6) is 0 Å². The quantitative estimate of drug-likeness (QED) is 0.799. The average molecular weight is 193 g/mol. The highest BCUT2D eigenvalue weighted by Gasteiger charge is 2.23. The molecule has 1 fully saturated rings. The zero-order valence-electron chi connectivity index (χ0n) is 9.03. The fourth-order valence-corrected chi connectivity index (χ4v) is 2.18. The Morgan fingerprint density at radius 2 is 2.43 bits per heavy atom. The van der Waals surface area contributed by atoms with Gasteiger partial charge in [-0.15, -0.1) is 0 Å². The molecule has 0 amide bonds. The highest BCUT2D eigenvalue weighted by Crippen LogP contribution is 2.27. The smallest absolute Gasteiger partial charge is 0.0728 e. The second kappa shape index (κ2) is 4.03. The summed E-state index contributed by atoms with van der Waals surface area (Å²) in [5.41, 5.74) is 1.17. The van der Waals surface area contributed by atoms with Crippen molar-refractivity contribution in [2.75, 3.05) is 5.32 Å². The third-order valence-corrected chi connectivity index (χ3v) is 3.17. The van der Waals surface area contributed by atoms with Gasteiger partial charge in [-0.3, -0.25) is 4.68 Å². The molecule has 1 N–H and O–H groups in total. The summed E-state index contributed by atoms with van der Waals surface area (Å²) in [7, 11) is 0. The van der Waals surface area contributed by atoms with Crippen molar-refractivity contribution in [2.45, 2.75) is 45.7 Å². The molecule has 1 heterocycles. The summed E-state index contributed by atoms with van der Waals surface area (Å²) >= 11 is 0. The molecule has 1 aromatic heterocycles. The van der Waals surface area contributed by atoms with Crippen LogP contribution in [0.3, 0.4) is 0 Å². The van der Waals surface area contributed by atoms with Crippen molar-refractivity contribution in [1.29, 1.82) is 0 Å². The lowest BCUT2D eigenvalue weighted by Gasteiger charge is -2.16. The summed E-state index contributed by atoms with van der Waals surface area (Å²) in [5, 5.41) is 7.82. The molecule has 2 rings (SSSR count). The van der Waals surface area contributed by atoms with Crippen LogP contribution in [0.25, 0.3) is 0 Å². The van der Waals surface area contributed by atoms with Gasteiger partial charge in [0.05, 0.1) is 11.9 Å². The Hall–Kier alpha value is -0.990. The van der Waals surface area contributed by atoms with Crippen LogP contribution in [0.2, 0.25) is 0 Å². The molecule has 0 radical (unpaired) electrons. The molecule has 0 aromatic carbocycles. The monoisotopic (exact) mass is 193 g/mol. The Bertz CT molecular complexity index is 292. The molecular formula is C11H19N3. The molecule has 0 aliphatic heterocycles. The van der Waals surface area contributed by atoms with Crippen LogP contribution >= 0.6 is 0 Å². The summed E-state index contributed by atoms with van der Waals surface area (Å²) in [6, 6.07) is 0.657. The number of aryl methyl sites for hydroxylation is 1. The number of nitrogens with zero attached hydrogens (tertiary/aromatic N) is 2. The molecular weight excluding hydrogens is 174 g/mol. The molecule has 78 valence electrons. The maximum Gasteiger partial charge on any atom is 0.0728 e. The normalized spacial score (nSPS) is 26.7. The number of rotatable bonds is 3. The van der Waals surface area contributed by atoms with Gasteiger partial charge in [0.15, 0.2) is 0 Å². The molecule has 0 unspecified atom stereocenters. The summed E-state index contributed by atoms with van der Waals surface area (Å²) in [6.45, 7) is 5.38. The maximum absolute atomic E-state index is 4.26. The highest BCUT2D eigenvalue weighted by molar-refractivity contribution is 5.39. The Morgan fingerprint density at radius 3 is 3.00 bits per heavy atom. The first kappa shape index (κ1) is 9.56. The molecule has 2 atom stereocenters. The lowest BCUT2D eigenvalue weighted by molar-refractivity contribution is 0.556. The SMILES string of the molecule is CCn1cc(N[C@@H]2CCC[C@H]2C)cn1. The maximum atomic E-state index is 4.26. The Kier molecular flexibility index (Phi) is 2.75. The Balaban J connectivity index is 1.96. The van der Waals surface area contributed by atoms with E-state index in [2.05, 4.69) is 30.5 Å². The van der Waals surface area contributed by atoms with Gasteiger partial charge in [-0.1, -0.05) is 13.3 Å². The molecule has 3 heteroatoms. The van der Waals surface area contributed by atoms with Crippen molar-refractivity contribution < 1.29 is 0 Å². The van der Waals surface area contributed by atoms with Crippen LogP contribution in [0.1, 0.15) is 33.1 Å². The second-order valence-corrected chi connectivity index (χ2v) is 4.24. The molecule has 0 saturated heterocycles. The summed E-state index contributed by atoms with van der Waals surface area (Å²) < 4.78 is 1.96. The van der Waals surface area contributed by atoms with Crippen molar-refractivity contribution in [3.05, 3.63) is 12.4 Å². The zero-order chi connectivity index (χ0) is 9.97. The number of hydrogen-bond acceptors (Lipinski definition) is 2. The van der Waals surface area contributed by atoms with Gasteiger partial charge in [0.1, 0.15) is 0 Å². The van der Waals surface area contributed by atoms with Gasteiger partial charge >= 0.3 is 0 Å². The van der Waals surface area contributed by atoms with Gasteiger partial charge < -0.3 is 5.32 Å². The molecule has 1 aliphatic rings. The molecule has 1 aromatic rings. The second-order valence-electron chi connectivity index (χ2n) is 4.24. The van der Waals surface area contributed by atoms with Crippen LogP contribution in [0.15, 0.2) is 12.4 Å². The summed E-state index contributed by atoms with van der Waals surface area (Å²) in [4.78, 5) is 0. The van der Waals surface area contributed by atoms with E-state index in [0.29, 0.717) is 6.04 Å². The van der Waals surface area contributed by atoms with Crippen molar-refractivity contribution in [1.82, 2.24) is 9.78 Å². The molecule has 1 saturated carbocycles. The van der Waals surface area contributed by atoms with E-state index in [0.717, 1.165) is 12.5 Å². The van der Waals surface area contributed by atoms with E-state index < -0.39 is 0 Å². The fraction of sp³-hybridized carbons (Fsp3) is 0.727. The van der Waals surface area contributed by atoms with Crippen LogP contribution in [0, 0.1) is 5.92 Å². The van der Waals surface area contributed by atoms with Crippen LogP contribution in [-0.4, -0.2) is 15.8 Å². The van der Waals surface area contributed by atoms with Gasteiger partial charge in [-0.2, -0.15) is 5.10 Å². The number of hydrogen-bond donors (Lipinski definition) is 1. The molecule has 14 heavy (non-hydrogen) atoms. The van der Waals surface area contributed by atoms with Crippen molar-refractivity contribution in [3.63, 3.8) is 0 Å². The largest absolute Gasteiger partial charge is 0.380 e. The fourth-order valence-electron chi connectivity index (χ4n) is 2.18. The van der Waals surface area contributed by atoms with Gasteiger partial charge in [-0.05, 0) is 25.7 Å². The van der Waals surface area contributed by atoms with E-state index in [4.69, 9.17) is 0 Å². The first-order valence-corrected chi connectivity index (χ1v) is 5.58. The minimum Gasteiger partial charge on any atom is -0.380 e. The minimum atomic E-state index is 0.657. The van der Waals surface area contributed by atoms with Gasteiger partial charge in [-0.25, -0.2) is 0 Å². The van der Waals surface area contributed by atoms with Crippen LogP contribution in [-0.2, 0) is 6.54 Å². The van der Waals surface area contributed by atoms with Crippen LogP contribution < -0.4 is 5.32 Å². The lowest BCUT2D eigenvalue weighted by Crippen LogP contribution is -2.21. The first-order valence-electron chi connectivity index (χ1n) is 5.58. The van der Waals surface area contributed by atoms with Gasteiger partial charge in [0.2, 0.25) is 0 Å². The minimum absolute atomic E-state index is 0.657. The standard InChI is InChI=1S/C11H19N3/c1-3-14-8-10(7-12-14)13-11-6-4-5-9(11)2/h7-9,11,13H,3-6H2,1-2H3/t9-,11-/m1/s1. The predicted octanol–water partition coefficient (Wildman–Crippen LogP) is 2.50. The topological polar surface area (TPSA) is 29.9 Å². The summed E-state index contributed by atoms with van der Waals surface area (Å²) in [6.07, 6.45) is 8.04. The van der Waals surface area contributed by atoms with E-state index >= 15 is 0 Å². The number of nitrogens with one attached hydrogen (secondary N) is 1. The Morgan fingerprint density at radius 1 is 1.57 bits per heavy atom. The molecule has 3 nitrogen and oxygen atoms in total. The summed E-state index contributed by atoms with van der Waals surface area (Å²) in [5.74, 6) is 0.806. The van der Waals surface area contributed by atoms with Crippen molar-refractivity contribution >= 4 is 5.69 Å². The first-order chi connectivity index (χ1) is 6.79. The number of anilines is 1. The molecule has 1 aliphatic carbocycles. The highest BCUT2D eigenvalue weighted by atomic mass is 15.3. The lowest BCUT2D eigenvalue weighted by atomic mass is 10.1. The van der Waals surface area contributed by atoms with E-state index in [1.54, 1.807) is 0 Å². The van der Waals surface area contributed by atoms with Crippen LogP contribution in [0.4, 0.5) is 5.69 Å². The van der Waals surface area contributed by atoms with E-state index in [1.165, 1.54) is 24.9 Å². The molecule has 0 bridgehead atoms.